The molecular weight excluding hydrogens is 347 g/mol. The Morgan fingerprint density at radius 1 is 1.30 bits per heavy atom. The fraction of sp³-hybridized carbons (Fsp3) is 0.0833. The second-order valence-electron chi connectivity index (χ2n) is 4.02. The third-order valence-electron chi connectivity index (χ3n) is 2.49. The first-order chi connectivity index (χ1) is 9.60. The maximum absolute atomic E-state index is 13.3. The van der Waals surface area contributed by atoms with Gasteiger partial charge in [0.2, 0.25) is 11.7 Å². The Labute approximate surface area is 125 Å². The quantitative estimate of drug-likeness (QED) is 0.780. The zero-order chi connectivity index (χ0) is 14.1. The highest BCUT2D eigenvalue weighted by Crippen LogP contribution is 2.23. The van der Waals surface area contributed by atoms with Gasteiger partial charge in [0.1, 0.15) is 5.82 Å². The molecule has 0 saturated heterocycles. The molecule has 2 aromatic heterocycles. The lowest BCUT2D eigenvalue weighted by molar-refractivity contribution is 0.385. The summed E-state index contributed by atoms with van der Waals surface area (Å²) in [4.78, 5) is 8.34. The van der Waals surface area contributed by atoms with Gasteiger partial charge in [0.05, 0.1) is 12.1 Å². The maximum atomic E-state index is 13.3. The zero-order valence-electron chi connectivity index (χ0n) is 10.0. The van der Waals surface area contributed by atoms with Crippen LogP contribution in [-0.2, 0) is 6.42 Å². The van der Waals surface area contributed by atoms with E-state index in [1.807, 2.05) is 5.38 Å². The smallest absolute Gasteiger partial charge is 0.233 e. The molecule has 3 aromatic rings. The van der Waals surface area contributed by atoms with E-state index in [0.29, 0.717) is 33.3 Å². The molecule has 0 atom stereocenters. The Morgan fingerprint density at radius 3 is 2.85 bits per heavy atom. The van der Waals surface area contributed by atoms with E-state index >= 15 is 0 Å². The number of thiazole rings is 1. The van der Waals surface area contributed by atoms with Gasteiger partial charge in [-0.05, 0) is 18.2 Å². The highest BCUT2D eigenvalue weighted by Gasteiger charge is 2.12. The van der Waals surface area contributed by atoms with Crippen LogP contribution >= 0.6 is 27.3 Å². The molecule has 0 radical (unpaired) electrons. The van der Waals surface area contributed by atoms with Crippen molar-refractivity contribution in [2.24, 2.45) is 0 Å². The minimum Gasteiger partial charge on any atom is -0.375 e. The van der Waals surface area contributed by atoms with Crippen molar-refractivity contribution in [3.8, 4) is 11.4 Å². The topological polar surface area (TPSA) is 77.8 Å². The summed E-state index contributed by atoms with van der Waals surface area (Å²) in [6.07, 6.45) is 0.400. The fourth-order valence-corrected chi connectivity index (χ4v) is 2.71. The first kappa shape index (κ1) is 13.2. The Kier molecular flexibility index (Phi) is 3.49. The molecule has 2 N–H and O–H groups in total. The summed E-state index contributed by atoms with van der Waals surface area (Å²) in [5.41, 5.74) is 6.87. The highest BCUT2D eigenvalue weighted by atomic mass is 79.9. The first-order valence-electron chi connectivity index (χ1n) is 5.59. The van der Waals surface area contributed by atoms with Gasteiger partial charge in [-0.25, -0.2) is 9.37 Å². The molecule has 0 fully saturated rings. The number of benzene rings is 1. The van der Waals surface area contributed by atoms with Crippen LogP contribution in [0.5, 0.6) is 0 Å². The molecule has 0 aliphatic carbocycles. The van der Waals surface area contributed by atoms with Crippen LogP contribution in [0.4, 0.5) is 9.52 Å². The molecule has 102 valence electrons. The predicted molar refractivity (Wildman–Crippen MR) is 76.7 cm³/mol. The lowest BCUT2D eigenvalue weighted by Gasteiger charge is -1.96. The molecule has 0 unspecified atom stereocenters. The molecule has 0 spiro atoms. The molecule has 0 amide bonds. The van der Waals surface area contributed by atoms with E-state index < -0.39 is 0 Å². The summed E-state index contributed by atoms with van der Waals surface area (Å²) in [5.74, 6) is 0.377. The van der Waals surface area contributed by atoms with Gasteiger partial charge in [-0.2, -0.15) is 4.98 Å². The van der Waals surface area contributed by atoms with Gasteiger partial charge in [-0.1, -0.05) is 21.1 Å². The minimum atomic E-state index is -0.368. The van der Waals surface area contributed by atoms with Crippen LogP contribution in [0.2, 0.25) is 0 Å². The molecule has 0 bridgehead atoms. The van der Waals surface area contributed by atoms with E-state index in [9.17, 15) is 4.39 Å². The number of hydrogen-bond donors (Lipinski definition) is 1. The van der Waals surface area contributed by atoms with Crippen LogP contribution < -0.4 is 5.73 Å². The SMILES string of the molecule is Nc1nc(Cc2nc(-c3cc(F)cc(Br)c3)no2)cs1. The second kappa shape index (κ2) is 5.29. The Hall–Kier alpha value is -1.80. The normalized spacial score (nSPS) is 10.9. The number of nitrogens with zero attached hydrogens (tertiary/aromatic N) is 3. The van der Waals surface area contributed by atoms with Crippen molar-refractivity contribution in [2.45, 2.75) is 6.42 Å². The van der Waals surface area contributed by atoms with Gasteiger partial charge in [-0.15, -0.1) is 11.3 Å². The summed E-state index contributed by atoms with van der Waals surface area (Å²) < 4.78 is 19.1. The number of halogens is 2. The van der Waals surface area contributed by atoms with Crippen molar-refractivity contribution in [3.63, 3.8) is 0 Å². The highest BCUT2D eigenvalue weighted by molar-refractivity contribution is 9.10. The summed E-state index contributed by atoms with van der Waals surface area (Å²) in [6.45, 7) is 0. The molecule has 8 heteroatoms. The standard InChI is InChI=1S/C12H8BrFN4OS/c13-7-1-6(2-8(14)3-7)11-17-10(19-18-11)4-9-5-20-12(15)16-9/h1-3,5H,4H2,(H2,15,16). The fourth-order valence-electron chi connectivity index (χ4n) is 1.69. The summed E-state index contributed by atoms with van der Waals surface area (Å²) >= 11 is 4.58. The zero-order valence-corrected chi connectivity index (χ0v) is 12.4. The molecule has 5 nitrogen and oxygen atoms in total. The number of anilines is 1. The minimum absolute atomic E-state index is 0.336. The number of nitrogens with two attached hydrogens (primary N) is 1. The van der Waals surface area contributed by atoms with Crippen molar-refractivity contribution in [1.29, 1.82) is 0 Å². The monoisotopic (exact) mass is 354 g/mol. The van der Waals surface area contributed by atoms with Gasteiger partial charge < -0.3 is 10.3 Å². The predicted octanol–water partition coefficient (Wildman–Crippen LogP) is 3.27. The molecule has 1 aromatic carbocycles. The van der Waals surface area contributed by atoms with Crippen molar-refractivity contribution in [1.82, 2.24) is 15.1 Å². The Bertz CT molecular complexity index is 737. The van der Waals surface area contributed by atoms with Crippen molar-refractivity contribution in [3.05, 3.63) is 45.5 Å². The first-order valence-corrected chi connectivity index (χ1v) is 7.26. The van der Waals surface area contributed by atoms with Gasteiger partial charge >= 0.3 is 0 Å². The summed E-state index contributed by atoms with van der Waals surface area (Å²) in [6, 6.07) is 4.43. The molecule has 2 heterocycles. The van der Waals surface area contributed by atoms with E-state index in [-0.39, 0.29) is 5.82 Å². The number of hydrogen-bond acceptors (Lipinski definition) is 6. The van der Waals surface area contributed by atoms with Gasteiger partial charge in [0.25, 0.3) is 0 Å². The van der Waals surface area contributed by atoms with Crippen molar-refractivity contribution < 1.29 is 8.91 Å². The summed E-state index contributed by atoms with van der Waals surface area (Å²) in [7, 11) is 0. The van der Waals surface area contributed by atoms with E-state index in [2.05, 4.69) is 31.1 Å². The third-order valence-corrected chi connectivity index (χ3v) is 3.67. The van der Waals surface area contributed by atoms with Crippen molar-refractivity contribution in [2.75, 3.05) is 5.73 Å². The molecular formula is C12H8BrFN4OS. The van der Waals surface area contributed by atoms with Crippen LogP contribution in [0.1, 0.15) is 11.6 Å². The number of rotatable bonds is 3. The maximum Gasteiger partial charge on any atom is 0.233 e. The summed E-state index contributed by atoms with van der Waals surface area (Å²) in [5, 5.41) is 6.17. The van der Waals surface area contributed by atoms with Gasteiger partial charge in [0, 0.05) is 15.4 Å². The lowest BCUT2D eigenvalue weighted by atomic mass is 10.2. The Morgan fingerprint density at radius 2 is 2.15 bits per heavy atom. The van der Waals surface area contributed by atoms with Crippen molar-refractivity contribution >= 4 is 32.4 Å². The van der Waals surface area contributed by atoms with Crippen LogP contribution in [-0.4, -0.2) is 15.1 Å². The van der Waals surface area contributed by atoms with E-state index in [4.69, 9.17) is 10.3 Å². The van der Waals surface area contributed by atoms with Crippen LogP contribution in [0.3, 0.4) is 0 Å². The van der Waals surface area contributed by atoms with Crippen LogP contribution in [0, 0.1) is 5.82 Å². The van der Waals surface area contributed by atoms with E-state index in [1.54, 1.807) is 6.07 Å². The third kappa shape index (κ3) is 2.86. The molecule has 0 aliphatic heterocycles. The number of aromatic nitrogens is 3. The average molecular weight is 355 g/mol. The molecule has 0 aliphatic rings. The molecule has 0 saturated carbocycles. The van der Waals surface area contributed by atoms with Crippen LogP contribution in [0.25, 0.3) is 11.4 Å². The molecule has 20 heavy (non-hydrogen) atoms. The van der Waals surface area contributed by atoms with E-state index in [0.717, 1.165) is 5.69 Å². The lowest BCUT2D eigenvalue weighted by Crippen LogP contribution is -1.90. The second-order valence-corrected chi connectivity index (χ2v) is 5.83. The van der Waals surface area contributed by atoms with Gasteiger partial charge in [0.15, 0.2) is 5.13 Å². The Balaban J connectivity index is 1.86. The van der Waals surface area contributed by atoms with Crippen LogP contribution in [0.15, 0.2) is 32.6 Å². The molecule has 3 rings (SSSR count). The van der Waals surface area contributed by atoms with Gasteiger partial charge in [-0.3, -0.25) is 0 Å². The van der Waals surface area contributed by atoms with E-state index in [1.165, 1.54) is 23.5 Å². The number of nitrogen functional groups attached to an aromatic ring is 1. The largest absolute Gasteiger partial charge is 0.375 e. The average Bonchev–Trinajstić information content (AvgIpc) is 2.98.